The zero-order chi connectivity index (χ0) is 46.8. The number of hydrogen-bond acceptors (Lipinski definition) is 13. The number of carbonyl (C=O) groups is 1. The highest BCUT2D eigenvalue weighted by atomic mass is 32.2. The second-order valence-corrected chi connectivity index (χ2v) is 21.5. The van der Waals surface area contributed by atoms with E-state index in [0.29, 0.717) is 44.6 Å². The van der Waals surface area contributed by atoms with Gasteiger partial charge in [-0.05, 0) is 124 Å². The molecule has 2 saturated heterocycles. The van der Waals surface area contributed by atoms with Crippen LogP contribution in [0.3, 0.4) is 0 Å². The van der Waals surface area contributed by atoms with Crippen molar-refractivity contribution in [2.45, 2.75) is 160 Å². The van der Waals surface area contributed by atoms with Crippen molar-refractivity contribution in [3.8, 4) is 0 Å². The summed E-state index contributed by atoms with van der Waals surface area (Å²) >= 11 is 4.74. The standard InChI is InChI=1S/C38H50N4O4S.C12H22O4S2/c1-8-28-22(4)33-18-36-38(25(7)45-10-9-11-47-37-15-26(44)14-27(19-43)46-37)24(6)34(42-36)16-29-20(2)12-31(39-29)23(5)32-13-21(3)30(40-32)17-35(28)41-33;1-2-11(15)17-4-3-5-18-12-7-9(14)6-10(8-13)16-12/h13,16-18,20,25-27,37,41-44H,8-12,14-15,19H2,1-7H3;9-10,12-14H,2-8H2,1H3. The number of carbonyl (C=O) groups excluding carboxylic acids is 1. The van der Waals surface area contributed by atoms with Gasteiger partial charge >= 0.3 is 0 Å². The fraction of sp³-hybridized carbons (Fsp3) is 0.620. The van der Waals surface area contributed by atoms with E-state index >= 15 is 0 Å². The molecule has 7 rings (SSSR count). The van der Waals surface area contributed by atoms with Gasteiger partial charge in [0.05, 0.1) is 55.1 Å². The molecule has 3 aromatic rings. The number of aliphatic hydroxyl groups is 4. The predicted molar refractivity (Wildman–Crippen MR) is 269 cm³/mol. The van der Waals surface area contributed by atoms with Crippen molar-refractivity contribution in [2.24, 2.45) is 0 Å². The first-order valence-corrected chi connectivity index (χ1v) is 26.6. The molecule has 4 aliphatic heterocycles. The molecule has 12 nitrogen and oxygen atoms in total. The average Bonchev–Trinajstić information content (AvgIpc) is 4.01. The minimum Gasteiger partial charge on any atom is -0.394 e. The lowest BCUT2D eigenvalue weighted by Crippen LogP contribution is -2.36. The highest BCUT2D eigenvalue weighted by molar-refractivity contribution is 8.13. The number of allylic oxidation sites excluding steroid dienone is 1. The Morgan fingerprint density at radius 2 is 1.45 bits per heavy atom. The molecule has 15 heteroatoms. The summed E-state index contributed by atoms with van der Waals surface area (Å²) < 4.78 is 18.0. The lowest BCUT2D eigenvalue weighted by atomic mass is 10.0. The molecule has 0 aliphatic carbocycles. The maximum absolute atomic E-state index is 11.1. The number of H-pyrrole nitrogens is 2. The van der Waals surface area contributed by atoms with E-state index in [0.717, 1.165) is 98.9 Å². The number of thioether (sulfide) groups is 3. The van der Waals surface area contributed by atoms with Crippen LogP contribution in [0.4, 0.5) is 0 Å². The molecule has 0 aromatic carbocycles. The third-order valence-electron chi connectivity index (χ3n) is 12.7. The van der Waals surface area contributed by atoms with Gasteiger partial charge in [0, 0.05) is 89.4 Å². The van der Waals surface area contributed by atoms with Crippen LogP contribution in [0.15, 0.2) is 18.2 Å². The van der Waals surface area contributed by atoms with Crippen LogP contribution in [0, 0.1) is 20.8 Å². The number of fused-ring (bicyclic) bond motifs is 8. The Kier molecular flexibility index (Phi) is 19.5. The van der Waals surface area contributed by atoms with Crippen molar-refractivity contribution in [2.75, 3.05) is 37.1 Å². The minimum atomic E-state index is -0.418. The van der Waals surface area contributed by atoms with Crippen molar-refractivity contribution in [1.82, 2.24) is 19.9 Å². The van der Waals surface area contributed by atoms with Crippen molar-refractivity contribution in [3.63, 3.8) is 0 Å². The Bertz CT molecular complexity index is 2280. The van der Waals surface area contributed by atoms with E-state index in [1.54, 1.807) is 23.5 Å². The fourth-order valence-corrected chi connectivity index (χ4v) is 12.1. The van der Waals surface area contributed by atoms with Gasteiger partial charge in [-0.2, -0.15) is 0 Å². The molecule has 3 aromatic heterocycles. The van der Waals surface area contributed by atoms with E-state index in [2.05, 4.69) is 82.7 Å². The molecule has 358 valence electrons. The van der Waals surface area contributed by atoms with E-state index in [1.807, 2.05) is 6.92 Å². The molecule has 8 unspecified atom stereocenters. The van der Waals surface area contributed by atoms with E-state index in [-0.39, 0.29) is 53.6 Å². The molecule has 0 radical (unpaired) electrons. The Labute approximate surface area is 397 Å². The van der Waals surface area contributed by atoms with Gasteiger partial charge in [-0.25, -0.2) is 4.98 Å². The topological polar surface area (TPSA) is 183 Å². The quantitative estimate of drug-likeness (QED) is 0.0748. The Morgan fingerprint density at radius 1 is 0.815 bits per heavy atom. The van der Waals surface area contributed by atoms with Gasteiger partial charge in [0.1, 0.15) is 10.9 Å². The lowest BCUT2D eigenvalue weighted by Gasteiger charge is -2.31. The normalized spacial score (nSPS) is 23.8. The van der Waals surface area contributed by atoms with E-state index < -0.39 is 6.10 Å². The number of aryl methyl sites for hydroxylation is 3. The Morgan fingerprint density at radius 3 is 2.08 bits per heavy atom. The number of nitrogens with one attached hydrogen (secondary N) is 2. The summed E-state index contributed by atoms with van der Waals surface area (Å²) in [7, 11) is 0. The highest BCUT2D eigenvalue weighted by Crippen LogP contribution is 2.35. The number of nitrogens with zero attached hydrogens (tertiary/aromatic N) is 2. The molecule has 2 fully saturated rings. The van der Waals surface area contributed by atoms with Gasteiger partial charge in [-0.3, -0.25) is 9.78 Å². The SMILES string of the molecule is CCC(=O)SCCCSC1CC(O)CC(CO)O1.CCc1c(C)c2cc3[nH]c(cc4nc(c(C)c5nc(cc1[nH]2)C(C)=C5)CC4C)c(C)c3C(C)OCCCSC1CC(O)CC(CO)O1. The van der Waals surface area contributed by atoms with Gasteiger partial charge in [0.15, 0.2) is 5.12 Å². The van der Waals surface area contributed by atoms with E-state index in [4.69, 9.17) is 29.3 Å². The number of hydrogen-bond donors (Lipinski definition) is 6. The summed E-state index contributed by atoms with van der Waals surface area (Å²) in [4.78, 5) is 28.8. The van der Waals surface area contributed by atoms with E-state index in [1.165, 1.54) is 34.0 Å². The van der Waals surface area contributed by atoms with E-state index in [9.17, 15) is 20.1 Å². The molecule has 65 heavy (non-hydrogen) atoms. The van der Waals surface area contributed by atoms with Crippen LogP contribution in [0.2, 0.25) is 0 Å². The van der Waals surface area contributed by atoms with Gasteiger partial charge in [-0.1, -0.05) is 32.5 Å². The van der Waals surface area contributed by atoms with Crippen LogP contribution in [-0.4, -0.2) is 118 Å². The van der Waals surface area contributed by atoms with Crippen molar-refractivity contribution < 1.29 is 39.4 Å². The maximum Gasteiger partial charge on any atom is 0.188 e. The summed E-state index contributed by atoms with van der Waals surface area (Å²) in [6.07, 6.45) is 7.25. The molecular formula is C50H72N4O8S3. The summed E-state index contributed by atoms with van der Waals surface area (Å²) in [5.41, 5.74) is 15.6. The number of aromatic nitrogens is 4. The van der Waals surface area contributed by atoms with Crippen LogP contribution in [0.5, 0.6) is 0 Å². The first kappa shape index (κ1) is 51.7. The third kappa shape index (κ3) is 13.7. The monoisotopic (exact) mass is 952 g/mol. The van der Waals surface area contributed by atoms with Gasteiger partial charge in [-0.15, -0.1) is 23.5 Å². The molecule has 0 amide bonds. The van der Waals surface area contributed by atoms with Crippen molar-refractivity contribution >= 4 is 74.1 Å². The van der Waals surface area contributed by atoms with Crippen LogP contribution in [0.1, 0.15) is 142 Å². The second kappa shape index (κ2) is 24.5. The average molecular weight is 953 g/mol. The molecule has 6 N–H and O–H groups in total. The molecular weight excluding hydrogens is 881 g/mol. The number of aromatic amines is 2. The molecule has 0 saturated carbocycles. The highest BCUT2D eigenvalue weighted by Gasteiger charge is 2.29. The third-order valence-corrected chi connectivity index (χ3v) is 16.2. The van der Waals surface area contributed by atoms with Crippen LogP contribution < -0.4 is 0 Å². The predicted octanol–water partition coefficient (Wildman–Crippen LogP) is 9.41. The summed E-state index contributed by atoms with van der Waals surface area (Å²) in [5.74, 6) is 2.93. The number of aliphatic hydroxyl groups excluding tert-OH is 4. The van der Waals surface area contributed by atoms with Gasteiger partial charge in [0.25, 0.3) is 0 Å². The van der Waals surface area contributed by atoms with Gasteiger partial charge < -0.3 is 44.6 Å². The molecule has 0 spiro atoms. The molecule has 8 atom stereocenters. The molecule has 8 bridgehead atoms. The van der Waals surface area contributed by atoms with Gasteiger partial charge in [0.2, 0.25) is 0 Å². The Balaban J connectivity index is 0.000000327. The zero-order valence-corrected chi connectivity index (χ0v) is 42.0. The maximum atomic E-state index is 11.1. The number of ether oxygens (including phenoxy) is 3. The number of rotatable bonds is 16. The smallest absolute Gasteiger partial charge is 0.188 e. The fourth-order valence-electron chi connectivity index (χ4n) is 8.92. The molecule has 4 aliphatic rings. The minimum absolute atomic E-state index is 0.0298. The largest absolute Gasteiger partial charge is 0.394 e. The zero-order valence-electron chi connectivity index (χ0n) is 39.6. The second-order valence-electron chi connectivity index (χ2n) is 17.8. The van der Waals surface area contributed by atoms with Crippen LogP contribution in [-0.2, 0) is 31.8 Å². The summed E-state index contributed by atoms with van der Waals surface area (Å²) in [6, 6.07) is 6.66. The lowest BCUT2D eigenvalue weighted by molar-refractivity contribution is -0.110. The molecule has 7 heterocycles. The summed E-state index contributed by atoms with van der Waals surface area (Å²) in [6.45, 7) is 17.7. The Hall–Kier alpha value is -2.70. The van der Waals surface area contributed by atoms with Crippen LogP contribution in [0.25, 0.3) is 33.7 Å². The first-order valence-electron chi connectivity index (χ1n) is 23.5. The van der Waals surface area contributed by atoms with Crippen LogP contribution >= 0.6 is 35.3 Å². The first-order chi connectivity index (χ1) is 31.2. The summed E-state index contributed by atoms with van der Waals surface area (Å²) in [5, 5.41) is 38.5. The van der Waals surface area contributed by atoms with Crippen molar-refractivity contribution in [3.05, 3.63) is 68.8 Å². The van der Waals surface area contributed by atoms with Crippen molar-refractivity contribution in [1.29, 1.82) is 0 Å².